The van der Waals surface area contributed by atoms with E-state index in [0.717, 1.165) is 5.56 Å². The van der Waals surface area contributed by atoms with Crippen molar-refractivity contribution in [1.82, 2.24) is 5.32 Å². The van der Waals surface area contributed by atoms with Crippen LogP contribution in [-0.4, -0.2) is 19.6 Å². The predicted molar refractivity (Wildman–Crippen MR) is 58.4 cm³/mol. The molecule has 1 aliphatic heterocycles. The largest absolute Gasteiger partial charge is 0.495 e. The Morgan fingerprint density at radius 2 is 2.33 bits per heavy atom. The molecule has 1 fully saturated rings. The summed E-state index contributed by atoms with van der Waals surface area (Å²) in [7, 11) is 1.59. The Bertz CT molecular complexity index is 392. The van der Waals surface area contributed by atoms with Crippen LogP contribution in [0.25, 0.3) is 0 Å². The average Bonchev–Trinajstić information content (AvgIpc) is 2.64. The quantitative estimate of drug-likeness (QED) is 0.836. The van der Waals surface area contributed by atoms with Gasteiger partial charge in [-0.1, -0.05) is 23.7 Å². The SMILES string of the molecule is COc1c(Cl)cccc1C1CNC(=O)C1. The van der Waals surface area contributed by atoms with Crippen molar-refractivity contribution in [2.24, 2.45) is 0 Å². The molecule has 1 heterocycles. The molecule has 0 bridgehead atoms. The Labute approximate surface area is 93.4 Å². The summed E-state index contributed by atoms with van der Waals surface area (Å²) >= 11 is 6.01. The topological polar surface area (TPSA) is 38.3 Å². The molecule has 4 heteroatoms. The van der Waals surface area contributed by atoms with E-state index in [1.165, 1.54) is 0 Å². The molecular formula is C11H12ClNO2. The monoisotopic (exact) mass is 225 g/mol. The lowest BCUT2D eigenvalue weighted by Crippen LogP contribution is -2.13. The molecule has 1 unspecified atom stereocenters. The molecule has 0 aliphatic carbocycles. The third-order valence-corrected chi connectivity index (χ3v) is 2.92. The van der Waals surface area contributed by atoms with Gasteiger partial charge < -0.3 is 10.1 Å². The highest BCUT2D eigenvalue weighted by molar-refractivity contribution is 6.32. The van der Waals surface area contributed by atoms with Crippen molar-refractivity contribution in [2.75, 3.05) is 13.7 Å². The van der Waals surface area contributed by atoms with Crippen LogP contribution in [0.3, 0.4) is 0 Å². The highest BCUT2D eigenvalue weighted by Gasteiger charge is 2.26. The molecule has 1 N–H and O–H groups in total. The van der Waals surface area contributed by atoms with Crippen LogP contribution in [0.4, 0.5) is 0 Å². The second-order valence-corrected chi connectivity index (χ2v) is 3.97. The van der Waals surface area contributed by atoms with Crippen molar-refractivity contribution in [3.05, 3.63) is 28.8 Å². The lowest BCUT2D eigenvalue weighted by molar-refractivity contribution is -0.119. The number of carbonyl (C=O) groups is 1. The van der Waals surface area contributed by atoms with Crippen LogP contribution < -0.4 is 10.1 Å². The summed E-state index contributed by atoms with van der Waals surface area (Å²) in [4.78, 5) is 11.1. The summed E-state index contributed by atoms with van der Waals surface area (Å²) < 4.78 is 5.25. The molecule has 0 radical (unpaired) electrons. The first-order valence-electron chi connectivity index (χ1n) is 4.81. The molecule has 1 amide bonds. The first kappa shape index (κ1) is 10.3. The van der Waals surface area contributed by atoms with Gasteiger partial charge in [-0.25, -0.2) is 0 Å². The Kier molecular flexibility index (Phi) is 2.82. The fraction of sp³-hybridized carbons (Fsp3) is 0.364. The number of nitrogens with one attached hydrogen (secondary N) is 1. The van der Waals surface area contributed by atoms with Gasteiger partial charge in [0, 0.05) is 24.4 Å². The highest BCUT2D eigenvalue weighted by Crippen LogP contribution is 2.35. The molecule has 3 nitrogen and oxygen atoms in total. The highest BCUT2D eigenvalue weighted by atomic mass is 35.5. The molecule has 1 atom stereocenters. The third-order valence-electron chi connectivity index (χ3n) is 2.62. The van der Waals surface area contributed by atoms with E-state index in [2.05, 4.69) is 5.32 Å². The number of para-hydroxylation sites is 1. The third kappa shape index (κ3) is 1.92. The fourth-order valence-corrected chi connectivity index (χ4v) is 2.15. The Morgan fingerprint density at radius 3 is 2.93 bits per heavy atom. The van der Waals surface area contributed by atoms with E-state index in [1.807, 2.05) is 12.1 Å². The van der Waals surface area contributed by atoms with Gasteiger partial charge in [-0.3, -0.25) is 4.79 Å². The summed E-state index contributed by atoms with van der Waals surface area (Å²) in [5.74, 6) is 0.939. The number of rotatable bonds is 2. The minimum atomic E-state index is 0.0852. The molecule has 0 spiro atoms. The van der Waals surface area contributed by atoms with E-state index in [-0.39, 0.29) is 11.8 Å². The zero-order valence-corrected chi connectivity index (χ0v) is 9.17. The lowest BCUT2D eigenvalue weighted by atomic mass is 9.97. The van der Waals surface area contributed by atoms with E-state index in [9.17, 15) is 4.79 Å². The molecule has 1 aliphatic rings. The second-order valence-electron chi connectivity index (χ2n) is 3.57. The van der Waals surface area contributed by atoms with E-state index < -0.39 is 0 Å². The van der Waals surface area contributed by atoms with Gasteiger partial charge in [0.05, 0.1) is 12.1 Å². The number of hydrogen-bond acceptors (Lipinski definition) is 2. The first-order valence-corrected chi connectivity index (χ1v) is 5.19. The summed E-state index contributed by atoms with van der Waals surface area (Å²) in [6.07, 6.45) is 0.511. The Morgan fingerprint density at radius 1 is 1.53 bits per heavy atom. The Hall–Kier alpha value is -1.22. The van der Waals surface area contributed by atoms with Crippen LogP contribution in [0, 0.1) is 0 Å². The maximum absolute atomic E-state index is 11.1. The average molecular weight is 226 g/mol. The number of halogens is 1. The van der Waals surface area contributed by atoms with Gasteiger partial charge in [-0.2, -0.15) is 0 Å². The van der Waals surface area contributed by atoms with E-state index in [0.29, 0.717) is 23.7 Å². The summed E-state index contributed by atoms with van der Waals surface area (Å²) in [5, 5.41) is 3.39. The maximum atomic E-state index is 11.1. The van der Waals surface area contributed by atoms with E-state index >= 15 is 0 Å². The second kappa shape index (κ2) is 4.11. The van der Waals surface area contributed by atoms with Crippen LogP contribution in [-0.2, 0) is 4.79 Å². The van der Waals surface area contributed by atoms with Gasteiger partial charge in [-0.05, 0) is 6.07 Å². The maximum Gasteiger partial charge on any atom is 0.220 e. The molecule has 0 saturated carbocycles. The summed E-state index contributed by atoms with van der Waals surface area (Å²) in [5.41, 5.74) is 1.00. The number of hydrogen-bond donors (Lipinski definition) is 1. The minimum Gasteiger partial charge on any atom is -0.495 e. The van der Waals surface area contributed by atoms with E-state index in [4.69, 9.17) is 16.3 Å². The molecule has 1 aromatic rings. The van der Waals surface area contributed by atoms with Gasteiger partial charge in [0.25, 0.3) is 0 Å². The number of ether oxygens (including phenoxy) is 1. The number of benzene rings is 1. The van der Waals surface area contributed by atoms with Crippen LogP contribution in [0.1, 0.15) is 17.9 Å². The van der Waals surface area contributed by atoms with Crippen LogP contribution in [0.5, 0.6) is 5.75 Å². The van der Waals surface area contributed by atoms with Crippen molar-refractivity contribution >= 4 is 17.5 Å². The summed E-state index contributed by atoms with van der Waals surface area (Å²) in [6.45, 7) is 0.662. The van der Waals surface area contributed by atoms with Crippen molar-refractivity contribution in [2.45, 2.75) is 12.3 Å². The molecular weight excluding hydrogens is 214 g/mol. The predicted octanol–water partition coefficient (Wildman–Crippen LogP) is 1.95. The van der Waals surface area contributed by atoms with Gasteiger partial charge in [0.15, 0.2) is 0 Å². The molecule has 1 aromatic carbocycles. The molecule has 2 rings (SSSR count). The lowest BCUT2D eigenvalue weighted by Gasteiger charge is -2.13. The minimum absolute atomic E-state index is 0.0852. The fourth-order valence-electron chi connectivity index (χ4n) is 1.89. The Balaban J connectivity index is 2.35. The number of methoxy groups -OCH3 is 1. The van der Waals surface area contributed by atoms with Crippen molar-refractivity contribution in [3.63, 3.8) is 0 Å². The van der Waals surface area contributed by atoms with Crippen LogP contribution in [0.2, 0.25) is 5.02 Å². The number of amides is 1. The van der Waals surface area contributed by atoms with Gasteiger partial charge >= 0.3 is 0 Å². The zero-order valence-electron chi connectivity index (χ0n) is 8.42. The molecule has 80 valence electrons. The van der Waals surface area contributed by atoms with Crippen molar-refractivity contribution in [1.29, 1.82) is 0 Å². The van der Waals surface area contributed by atoms with Gasteiger partial charge in [0.2, 0.25) is 5.91 Å². The molecule has 15 heavy (non-hydrogen) atoms. The van der Waals surface area contributed by atoms with E-state index in [1.54, 1.807) is 13.2 Å². The number of carbonyl (C=O) groups excluding carboxylic acids is 1. The normalized spacial score (nSPS) is 20.1. The van der Waals surface area contributed by atoms with Gasteiger partial charge in [-0.15, -0.1) is 0 Å². The van der Waals surface area contributed by atoms with Gasteiger partial charge in [0.1, 0.15) is 5.75 Å². The molecule has 1 saturated heterocycles. The standard InChI is InChI=1S/C11H12ClNO2/c1-15-11-8(3-2-4-9(11)12)7-5-10(14)13-6-7/h2-4,7H,5-6H2,1H3,(H,13,14). The van der Waals surface area contributed by atoms with Crippen molar-refractivity contribution in [3.8, 4) is 5.75 Å². The first-order chi connectivity index (χ1) is 7.22. The van der Waals surface area contributed by atoms with Crippen molar-refractivity contribution < 1.29 is 9.53 Å². The van der Waals surface area contributed by atoms with Crippen LogP contribution in [0.15, 0.2) is 18.2 Å². The smallest absolute Gasteiger partial charge is 0.220 e. The zero-order chi connectivity index (χ0) is 10.8. The molecule has 0 aromatic heterocycles. The summed E-state index contributed by atoms with van der Waals surface area (Å²) in [6, 6.07) is 5.62. The van der Waals surface area contributed by atoms with Crippen LogP contribution >= 0.6 is 11.6 Å².